The maximum Gasteiger partial charge on any atom is 0.230 e. The van der Waals surface area contributed by atoms with Gasteiger partial charge in [0.1, 0.15) is 5.75 Å². The minimum Gasteiger partial charge on any atom is -0.439 e. The van der Waals surface area contributed by atoms with Gasteiger partial charge in [-0.05, 0) is 50.2 Å². The van der Waals surface area contributed by atoms with Crippen molar-refractivity contribution in [3.05, 3.63) is 79.0 Å². The van der Waals surface area contributed by atoms with Crippen molar-refractivity contribution in [1.29, 1.82) is 0 Å². The topological polar surface area (TPSA) is 85.1 Å². The van der Waals surface area contributed by atoms with E-state index in [2.05, 4.69) is 40.2 Å². The molecule has 29 heavy (non-hydrogen) atoms. The molecule has 0 saturated carbocycles. The molecule has 4 N–H and O–H groups in total. The van der Waals surface area contributed by atoms with Crippen molar-refractivity contribution in [3.63, 3.8) is 0 Å². The van der Waals surface area contributed by atoms with Crippen LogP contribution >= 0.6 is 0 Å². The highest BCUT2D eigenvalue weighted by Crippen LogP contribution is 2.27. The molecule has 0 radical (unpaired) electrons. The van der Waals surface area contributed by atoms with Crippen LogP contribution in [0.15, 0.2) is 73.5 Å². The van der Waals surface area contributed by atoms with Gasteiger partial charge in [-0.1, -0.05) is 30.9 Å². The van der Waals surface area contributed by atoms with E-state index in [0.717, 1.165) is 16.9 Å². The first-order valence-corrected chi connectivity index (χ1v) is 9.36. The molecule has 1 aromatic heterocycles. The van der Waals surface area contributed by atoms with Crippen LogP contribution in [-0.2, 0) is 0 Å². The number of anilines is 4. The van der Waals surface area contributed by atoms with E-state index in [9.17, 15) is 0 Å². The maximum atomic E-state index is 5.93. The van der Waals surface area contributed by atoms with Gasteiger partial charge in [-0.25, -0.2) is 4.98 Å². The summed E-state index contributed by atoms with van der Waals surface area (Å²) in [5, 5.41) is 6.56. The van der Waals surface area contributed by atoms with Gasteiger partial charge in [-0.15, -0.1) is 0 Å². The summed E-state index contributed by atoms with van der Waals surface area (Å²) < 4.78 is 5.93. The fourth-order valence-electron chi connectivity index (χ4n) is 2.81. The summed E-state index contributed by atoms with van der Waals surface area (Å²) >= 11 is 0. The minimum absolute atomic E-state index is 0.216. The number of nitrogens with one attached hydrogen (secondary N) is 2. The number of allylic oxidation sites excluding steroid dienone is 1. The number of aromatic nitrogens is 2. The van der Waals surface area contributed by atoms with Crippen molar-refractivity contribution in [2.45, 2.75) is 19.9 Å². The highest BCUT2D eigenvalue weighted by molar-refractivity contribution is 5.68. The lowest BCUT2D eigenvalue weighted by Crippen LogP contribution is -2.12. The van der Waals surface area contributed by atoms with Crippen LogP contribution in [0.1, 0.15) is 19.4 Å². The molecule has 0 fully saturated rings. The summed E-state index contributed by atoms with van der Waals surface area (Å²) in [6.07, 6.45) is 7.55. The van der Waals surface area contributed by atoms with Gasteiger partial charge >= 0.3 is 0 Å². The molecule has 0 spiro atoms. The number of nitrogens with zero attached hydrogens (tertiary/aromatic N) is 2. The lowest BCUT2D eigenvalue weighted by Gasteiger charge is -2.15. The molecular weight excluding hydrogens is 362 g/mol. The van der Waals surface area contributed by atoms with Gasteiger partial charge in [0.2, 0.25) is 11.8 Å². The highest BCUT2D eigenvalue weighted by atomic mass is 16.5. The number of nitrogens with two attached hydrogens (primary N) is 1. The Hall–Kier alpha value is -3.80. The monoisotopic (exact) mass is 387 g/mol. The van der Waals surface area contributed by atoms with E-state index in [-0.39, 0.29) is 6.04 Å². The van der Waals surface area contributed by atoms with E-state index in [1.54, 1.807) is 18.3 Å². The third-order valence-corrected chi connectivity index (χ3v) is 4.10. The molecule has 0 bridgehead atoms. The molecule has 6 heteroatoms. The standard InChI is InChI=1S/C23H25N5O/c1-4-7-16(3)26-21-11-10-20(14-17(21)5-2)29-22-12-13-25-23(28-22)27-19-9-6-8-18(24)15-19/h4-16,26H,2,24H2,1,3H3,(H,25,27,28)/b7-4-. The molecule has 3 aromatic rings. The fourth-order valence-corrected chi connectivity index (χ4v) is 2.81. The minimum atomic E-state index is 0.216. The summed E-state index contributed by atoms with van der Waals surface area (Å²) in [6, 6.07) is 15.1. The zero-order chi connectivity index (χ0) is 20.6. The van der Waals surface area contributed by atoms with E-state index in [4.69, 9.17) is 10.5 Å². The third kappa shape index (κ3) is 5.59. The first kappa shape index (κ1) is 19.9. The second-order valence-electron chi connectivity index (χ2n) is 6.48. The largest absolute Gasteiger partial charge is 0.439 e. The van der Waals surface area contributed by atoms with E-state index in [1.807, 2.05) is 55.5 Å². The van der Waals surface area contributed by atoms with Crippen LogP contribution in [0.25, 0.3) is 6.08 Å². The Labute approximate surface area is 171 Å². The van der Waals surface area contributed by atoms with Gasteiger partial charge in [-0.3, -0.25) is 0 Å². The Morgan fingerprint density at radius 1 is 1.17 bits per heavy atom. The van der Waals surface area contributed by atoms with Gasteiger partial charge in [-0.2, -0.15) is 4.98 Å². The van der Waals surface area contributed by atoms with Crippen molar-refractivity contribution in [2.75, 3.05) is 16.4 Å². The molecule has 0 aliphatic carbocycles. The predicted molar refractivity (Wildman–Crippen MR) is 121 cm³/mol. The Kier molecular flexibility index (Phi) is 6.47. The summed E-state index contributed by atoms with van der Waals surface area (Å²) in [5.74, 6) is 1.53. The summed E-state index contributed by atoms with van der Waals surface area (Å²) in [5.41, 5.74) is 9.22. The van der Waals surface area contributed by atoms with Gasteiger partial charge in [0.05, 0.1) is 0 Å². The van der Waals surface area contributed by atoms with E-state index < -0.39 is 0 Å². The first-order chi connectivity index (χ1) is 14.1. The molecule has 6 nitrogen and oxygen atoms in total. The van der Waals surface area contributed by atoms with Gasteiger partial charge in [0.15, 0.2) is 0 Å². The van der Waals surface area contributed by atoms with E-state index in [1.165, 1.54) is 0 Å². The summed E-state index contributed by atoms with van der Waals surface area (Å²) in [6.45, 7) is 7.99. The summed E-state index contributed by atoms with van der Waals surface area (Å²) in [4.78, 5) is 8.64. The molecule has 1 unspecified atom stereocenters. The number of nitrogen functional groups attached to an aromatic ring is 1. The van der Waals surface area contributed by atoms with Gasteiger partial charge in [0, 0.05) is 40.9 Å². The molecule has 3 rings (SSSR count). The van der Waals surface area contributed by atoms with Crippen LogP contribution < -0.4 is 21.1 Å². The van der Waals surface area contributed by atoms with Gasteiger partial charge < -0.3 is 21.1 Å². The number of hydrogen-bond acceptors (Lipinski definition) is 6. The molecule has 0 saturated heterocycles. The second kappa shape index (κ2) is 9.41. The quantitative estimate of drug-likeness (QED) is 0.344. The first-order valence-electron chi connectivity index (χ1n) is 9.36. The zero-order valence-electron chi connectivity index (χ0n) is 16.6. The molecule has 0 aliphatic rings. The molecule has 1 atom stereocenters. The molecule has 0 aliphatic heterocycles. The Morgan fingerprint density at radius 3 is 2.79 bits per heavy atom. The van der Waals surface area contributed by atoms with Crippen LogP contribution in [0.3, 0.4) is 0 Å². The van der Waals surface area contributed by atoms with Crippen LogP contribution in [0, 0.1) is 0 Å². The van der Waals surface area contributed by atoms with Crippen molar-refractivity contribution in [3.8, 4) is 11.6 Å². The number of benzene rings is 2. The lowest BCUT2D eigenvalue weighted by molar-refractivity contribution is 0.462. The molecule has 2 aromatic carbocycles. The molecular formula is C23H25N5O. The molecule has 0 amide bonds. The smallest absolute Gasteiger partial charge is 0.230 e. The highest BCUT2D eigenvalue weighted by Gasteiger charge is 2.07. The van der Waals surface area contributed by atoms with Crippen molar-refractivity contribution >= 4 is 29.1 Å². The number of rotatable bonds is 8. The number of ether oxygens (including phenoxy) is 1. The van der Waals surface area contributed by atoms with Crippen LogP contribution in [0.5, 0.6) is 11.6 Å². The van der Waals surface area contributed by atoms with Crippen LogP contribution in [0.2, 0.25) is 0 Å². The number of hydrogen-bond donors (Lipinski definition) is 3. The van der Waals surface area contributed by atoms with Crippen molar-refractivity contribution in [1.82, 2.24) is 9.97 Å². The summed E-state index contributed by atoms with van der Waals surface area (Å²) in [7, 11) is 0. The van der Waals surface area contributed by atoms with Crippen LogP contribution in [0.4, 0.5) is 23.0 Å². The molecule has 148 valence electrons. The fraction of sp³-hybridized carbons (Fsp3) is 0.130. The predicted octanol–water partition coefficient (Wildman–Crippen LogP) is 5.61. The van der Waals surface area contributed by atoms with Gasteiger partial charge in [0.25, 0.3) is 0 Å². The second-order valence-corrected chi connectivity index (χ2v) is 6.48. The lowest BCUT2D eigenvalue weighted by atomic mass is 10.1. The normalized spacial score (nSPS) is 11.8. The average Bonchev–Trinajstić information content (AvgIpc) is 2.69. The van der Waals surface area contributed by atoms with Crippen molar-refractivity contribution in [2.24, 2.45) is 0 Å². The van der Waals surface area contributed by atoms with E-state index >= 15 is 0 Å². The van der Waals surface area contributed by atoms with Crippen LogP contribution in [-0.4, -0.2) is 16.0 Å². The third-order valence-electron chi connectivity index (χ3n) is 4.10. The zero-order valence-corrected chi connectivity index (χ0v) is 16.6. The van der Waals surface area contributed by atoms with E-state index in [0.29, 0.717) is 23.3 Å². The maximum absolute atomic E-state index is 5.93. The Bertz CT molecular complexity index is 1020. The molecule has 1 heterocycles. The Balaban J connectivity index is 1.75. The average molecular weight is 387 g/mol. The Morgan fingerprint density at radius 2 is 2.03 bits per heavy atom. The van der Waals surface area contributed by atoms with Crippen molar-refractivity contribution < 1.29 is 4.74 Å². The SMILES string of the molecule is C=Cc1cc(Oc2ccnc(Nc3cccc(N)c3)n2)ccc1NC(C)/C=C\C.